The van der Waals surface area contributed by atoms with E-state index in [-0.39, 0.29) is 29.8 Å². The summed E-state index contributed by atoms with van der Waals surface area (Å²) in [7, 11) is 0. The van der Waals surface area contributed by atoms with Gasteiger partial charge in [0, 0.05) is 29.5 Å². The van der Waals surface area contributed by atoms with Gasteiger partial charge in [-0.2, -0.15) is 0 Å². The number of aliphatic carboxylic acids is 1. The van der Waals surface area contributed by atoms with Crippen LogP contribution in [-0.4, -0.2) is 58.9 Å². The van der Waals surface area contributed by atoms with Crippen molar-refractivity contribution in [2.24, 2.45) is 11.8 Å². The van der Waals surface area contributed by atoms with Crippen LogP contribution < -0.4 is 4.74 Å². The van der Waals surface area contributed by atoms with E-state index in [0.29, 0.717) is 24.4 Å². The third kappa shape index (κ3) is 7.10. The van der Waals surface area contributed by atoms with Crippen LogP contribution in [-0.2, 0) is 16.0 Å². The Kier molecular flexibility index (Phi) is 9.52. The zero-order valence-corrected chi connectivity index (χ0v) is 24.2. The maximum Gasteiger partial charge on any atom is 0.410 e. The molecule has 2 aromatic rings. The van der Waals surface area contributed by atoms with Gasteiger partial charge in [-0.25, -0.2) is 9.59 Å². The van der Waals surface area contributed by atoms with Crippen LogP contribution in [0.5, 0.6) is 5.75 Å². The zero-order valence-electron chi connectivity index (χ0n) is 23.4. The number of nitrogens with zero attached hydrogens (tertiary/aromatic N) is 1. The van der Waals surface area contributed by atoms with Crippen LogP contribution in [0.3, 0.4) is 0 Å². The predicted molar refractivity (Wildman–Crippen MR) is 149 cm³/mol. The number of rotatable bonds is 10. The van der Waals surface area contributed by atoms with Gasteiger partial charge in [-0.3, -0.25) is 4.79 Å². The molecule has 0 aliphatic carbocycles. The second kappa shape index (κ2) is 12.2. The molecule has 2 aromatic carbocycles. The van der Waals surface area contributed by atoms with E-state index in [0.717, 1.165) is 34.4 Å². The van der Waals surface area contributed by atoms with Crippen LogP contribution >= 0.6 is 11.8 Å². The number of Topliss-reactive ketones (excluding diaryl/α,β-unsaturated/α-hetero) is 1. The Morgan fingerprint density at radius 1 is 1.08 bits per heavy atom. The molecule has 1 fully saturated rings. The second-order valence-corrected chi connectivity index (χ2v) is 11.7. The fourth-order valence-electron chi connectivity index (χ4n) is 4.85. The quantitative estimate of drug-likeness (QED) is 0.284. The second-order valence-electron chi connectivity index (χ2n) is 10.8. The molecule has 38 heavy (non-hydrogen) atoms. The fourth-order valence-corrected chi connectivity index (χ4v) is 5.26. The highest BCUT2D eigenvalue weighted by molar-refractivity contribution is 7.98. The van der Waals surface area contributed by atoms with Crippen LogP contribution in [0.4, 0.5) is 4.79 Å². The van der Waals surface area contributed by atoms with Gasteiger partial charge >= 0.3 is 12.1 Å². The standard InChI is InChI=1S/C30H39NO6S/c1-18(2)36-29(35)31-16-23(25(17-31)26(32)22-10-12-24(38-7)13-11-22)9-8-21-14-19(3)27(20(4)15-21)37-30(5,6)28(33)34/h10-15,18,23,25H,8-9,16-17H2,1-7H3,(H,33,34)/t23-,25-/m0/s1. The smallest absolute Gasteiger partial charge is 0.410 e. The summed E-state index contributed by atoms with van der Waals surface area (Å²) >= 11 is 1.63. The lowest BCUT2D eigenvalue weighted by atomic mass is 9.84. The van der Waals surface area contributed by atoms with E-state index in [1.165, 1.54) is 13.8 Å². The summed E-state index contributed by atoms with van der Waals surface area (Å²) in [6.07, 6.45) is 2.83. The number of hydrogen-bond donors (Lipinski definition) is 1. The normalized spacial score (nSPS) is 17.5. The van der Waals surface area contributed by atoms with Crippen molar-refractivity contribution in [3.63, 3.8) is 0 Å². The molecule has 1 aliphatic heterocycles. The molecule has 206 valence electrons. The molecule has 0 saturated carbocycles. The van der Waals surface area contributed by atoms with Gasteiger partial charge in [0.15, 0.2) is 11.4 Å². The van der Waals surface area contributed by atoms with E-state index in [2.05, 4.69) is 0 Å². The van der Waals surface area contributed by atoms with Crippen molar-refractivity contribution in [2.75, 3.05) is 19.3 Å². The van der Waals surface area contributed by atoms with Crippen molar-refractivity contribution in [2.45, 2.75) is 71.0 Å². The molecule has 0 unspecified atom stereocenters. The Bertz CT molecular complexity index is 1150. The first-order valence-corrected chi connectivity index (χ1v) is 14.2. The summed E-state index contributed by atoms with van der Waals surface area (Å²) in [6, 6.07) is 11.7. The van der Waals surface area contributed by atoms with Crippen LogP contribution in [0.15, 0.2) is 41.3 Å². The van der Waals surface area contributed by atoms with Crippen molar-refractivity contribution in [1.29, 1.82) is 0 Å². The SMILES string of the molecule is CSc1ccc(C(=O)[C@H]2CN(C(=O)OC(C)C)C[C@@H]2CCc2cc(C)c(OC(C)(C)C(=O)O)c(C)c2)cc1. The number of hydrogen-bond acceptors (Lipinski definition) is 6. The van der Waals surface area contributed by atoms with E-state index >= 15 is 0 Å². The average Bonchev–Trinajstić information content (AvgIpc) is 3.28. The molecule has 7 nitrogen and oxygen atoms in total. The van der Waals surface area contributed by atoms with Crippen LogP contribution in [0.1, 0.15) is 61.2 Å². The maximum atomic E-state index is 13.5. The number of ether oxygens (including phenoxy) is 2. The Hall–Kier alpha value is -3.00. The summed E-state index contributed by atoms with van der Waals surface area (Å²) in [4.78, 5) is 40.5. The van der Waals surface area contributed by atoms with Crippen molar-refractivity contribution in [3.8, 4) is 5.75 Å². The number of aryl methyl sites for hydroxylation is 3. The number of carboxylic acids is 1. The average molecular weight is 542 g/mol. The van der Waals surface area contributed by atoms with Crippen molar-refractivity contribution < 1.29 is 29.0 Å². The molecule has 1 heterocycles. The summed E-state index contributed by atoms with van der Waals surface area (Å²) in [6.45, 7) is 11.3. The highest BCUT2D eigenvalue weighted by Crippen LogP contribution is 2.33. The maximum absolute atomic E-state index is 13.5. The number of carbonyl (C=O) groups excluding carboxylic acids is 2. The molecular weight excluding hydrogens is 502 g/mol. The van der Waals surface area contributed by atoms with Crippen molar-refractivity contribution in [1.82, 2.24) is 4.90 Å². The molecule has 0 aromatic heterocycles. The zero-order chi connectivity index (χ0) is 28.2. The van der Waals surface area contributed by atoms with Crippen molar-refractivity contribution in [3.05, 3.63) is 58.7 Å². The lowest BCUT2D eigenvalue weighted by Crippen LogP contribution is -2.38. The number of carboxylic acid groups (broad SMARTS) is 1. The minimum atomic E-state index is -1.34. The molecule has 3 rings (SSSR count). The van der Waals surface area contributed by atoms with E-state index in [4.69, 9.17) is 9.47 Å². The minimum Gasteiger partial charge on any atom is -0.478 e. The highest BCUT2D eigenvalue weighted by atomic mass is 32.2. The summed E-state index contributed by atoms with van der Waals surface area (Å²) in [5, 5.41) is 9.44. The van der Waals surface area contributed by atoms with E-state index in [9.17, 15) is 19.5 Å². The Morgan fingerprint density at radius 3 is 2.21 bits per heavy atom. The first kappa shape index (κ1) is 29.6. The Morgan fingerprint density at radius 2 is 1.68 bits per heavy atom. The molecule has 1 amide bonds. The Labute approximate surface area is 229 Å². The largest absolute Gasteiger partial charge is 0.478 e. The van der Waals surface area contributed by atoms with Gasteiger partial charge in [-0.05, 0) is 95.4 Å². The monoisotopic (exact) mass is 541 g/mol. The van der Waals surface area contributed by atoms with Gasteiger partial charge in [0.25, 0.3) is 0 Å². The summed E-state index contributed by atoms with van der Waals surface area (Å²) in [5.41, 5.74) is 2.13. The van der Waals surface area contributed by atoms with Gasteiger partial charge < -0.3 is 19.5 Å². The molecule has 0 bridgehead atoms. The Balaban J connectivity index is 1.79. The molecular formula is C30H39NO6S. The van der Waals surface area contributed by atoms with Crippen LogP contribution in [0.25, 0.3) is 0 Å². The van der Waals surface area contributed by atoms with E-state index in [1.54, 1.807) is 16.7 Å². The summed E-state index contributed by atoms with van der Waals surface area (Å²) < 4.78 is 11.3. The van der Waals surface area contributed by atoms with Gasteiger partial charge in [0.05, 0.1) is 6.10 Å². The number of amides is 1. The van der Waals surface area contributed by atoms with Gasteiger partial charge in [-0.1, -0.05) is 24.3 Å². The molecule has 8 heteroatoms. The number of benzene rings is 2. The molecule has 1 N–H and O–H groups in total. The molecule has 2 atom stereocenters. The fraction of sp³-hybridized carbons (Fsp3) is 0.500. The number of carbonyl (C=O) groups is 3. The third-order valence-corrected chi connectivity index (χ3v) is 7.69. The third-order valence-electron chi connectivity index (χ3n) is 6.94. The molecule has 1 saturated heterocycles. The first-order valence-electron chi connectivity index (χ1n) is 13.0. The highest BCUT2D eigenvalue weighted by Gasteiger charge is 2.40. The predicted octanol–water partition coefficient (Wildman–Crippen LogP) is 6.18. The first-order chi connectivity index (χ1) is 17.8. The molecule has 0 radical (unpaired) electrons. The lowest BCUT2D eigenvalue weighted by Gasteiger charge is -2.25. The number of likely N-dealkylation sites (tertiary alicyclic amines) is 1. The minimum absolute atomic E-state index is 0.00933. The molecule has 1 aliphatic rings. The van der Waals surface area contributed by atoms with Gasteiger partial charge in [-0.15, -0.1) is 11.8 Å². The topological polar surface area (TPSA) is 93.1 Å². The van der Waals surface area contributed by atoms with E-state index in [1.807, 2.05) is 70.3 Å². The van der Waals surface area contributed by atoms with E-state index < -0.39 is 11.6 Å². The summed E-state index contributed by atoms with van der Waals surface area (Å²) in [5.74, 6) is -0.720. The van der Waals surface area contributed by atoms with Gasteiger partial charge in [0.1, 0.15) is 5.75 Å². The lowest BCUT2D eigenvalue weighted by molar-refractivity contribution is -0.152. The number of thioether (sulfide) groups is 1. The van der Waals surface area contributed by atoms with Crippen LogP contribution in [0.2, 0.25) is 0 Å². The molecule has 0 spiro atoms. The van der Waals surface area contributed by atoms with Gasteiger partial charge in [0.2, 0.25) is 0 Å². The number of ketones is 1. The van der Waals surface area contributed by atoms with Crippen molar-refractivity contribution >= 4 is 29.6 Å². The van der Waals surface area contributed by atoms with Crippen LogP contribution in [0, 0.1) is 25.7 Å².